The highest BCUT2D eigenvalue weighted by molar-refractivity contribution is 9.10. The second kappa shape index (κ2) is 5.55. The number of hydrogen-bond donors (Lipinski definition) is 1. The average Bonchev–Trinajstić information content (AvgIpc) is 2.64. The molecular formula is C16H23BrN2. The van der Waals surface area contributed by atoms with E-state index in [0.717, 1.165) is 23.0 Å². The smallest absolute Gasteiger partial charge is 0.0175 e. The number of rotatable bonds is 3. The van der Waals surface area contributed by atoms with Crippen molar-refractivity contribution in [2.75, 3.05) is 7.05 Å². The Morgan fingerprint density at radius 3 is 2.37 bits per heavy atom. The van der Waals surface area contributed by atoms with Crippen LogP contribution < -0.4 is 5.73 Å². The third-order valence-electron chi connectivity index (χ3n) is 5.12. The van der Waals surface area contributed by atoms with Crippen LogP contribution >= 0.6 is 15.9 Å². The largest absolute Gasteiger partial charge is 0.327 e. The van der Waals surface area contributed by atoms with Crippen LogP contribution in [0.3, 0.4) is 0 Å². The zero-order valence-corrected chi connectivity index (χ0v) is 13.1. The first-order valence-corrected chi connectivity index (χ1v) is 8.14. The molecule has 0 saturated carbocycles. The minimum atomic E-state index is 0.318. The standard InChI is InChI=1S/C16H23BrN2/c1-19-14-6-7-15(19)10-12(9-14)16(18)8-11-2-4-13(17)5-3-11/h2-5,12,14-16H,6-10,18H2,1H3. The molecule has 2 N–H and O–H groups in total. The number of nitrogens with zero attached hydrogens (tertiary/aromatic N) is 1. The molecule has 2 nitrogen and oxygen atoms in total. The lowest BCUT2D eigenvalue weighted by molar-refractivity contribution is 0.120. The lowest BCUT2D eigenvalue weighted by atomic mass is 9.83. The monoisotopic (exact) mass is 322 g/mol. The number of hydrogen-bond acceptors (Lipinski definition) is 2. The maximum Gasteiger partial charge on any atom is 0.0175 e. The number of halogens is 1. The van der Waals surface area contributed by atoms with Gasteiger partial charge >= 0.3 is 0 Å². The predicted octanol–water partition coefficient (Wildman–Crippen LogP) is 3.19. The molecule has 0 spiro atoms. The van der Waals surface area contributed by atoms with Crippen molar-refractivity contribution >= 4 is 15.9 Å². The van der Waals surface area contributed by atoms with Crippen molar-refractivity contribution < 1.29 is 0 Å². The summed E-state index contributed by atoms with van der Waals surface area (Å²) in [5.41, 5.74) is 7.85. The maximum atomic E-state index is 6.49. The quantitative estimate of drug-likeness (QED) is 0.926. The van der Waals surface area contributed by atoms with E-state index < -0.39 is 0 Å². The lowest BCUT2D eigenvalue weighted by Gasteiger charge is -2.38. The molecule has 0 amide bonds. The van der Waals surface area contributed by atoms with E-state index in [2.05, 4.69) is 52.1 Å². The fraction of sp³-hybridized carbons (Fsp3) is 0.625. The Morgan fingerprint density at radius 1 is 1.21 bits per heavy atom. The van der Waals surface area contributed by atoms with Crippen LogP contribution in [0.2, 0.25) is 0 Å². The summed E-state index contributed by atoms with van der Waals surface area (Å²) in [4.78, 5) is 2.59. The molecule has 3 atom stereocenters. The van der Waals surface area contributed by atoms with Gasteiger partial charge in [-0.1, -0.05) is 28.1 Å². The minimum absolute atomic E-state index is 0.318. The van der Waals surface area contributed by atoms with Crippen molar-refractivity contribution in [3.63, 3.8) is 0 Å². The van der Waals surface area contributed by atoms with Crippen LogP contribution in [0.5, 0.6) is 0 Å². The Kier molecular flexibility index (Phi) is 3.97. The average molecular weight is 323 g/mol. The first-order chi connectivity index (χ1) is 9.13. The molecule has 104 valence electrons. The molecule has 3 heteroatoms. The van der Waals surface area contributed by atoms with E-state index in [4.69, 9.17) is 5.73 Å². The van der Waals surface area contributed by atoms with Gasteiger partial charge in [-0.15, -0.1) is 0 Å². The summed E-state index contributed by atoms with van der Waals surface area (Å²) in [6, 6.07) is 10.5. The van der Waals surface area contributed by atoms with Crippen LogP contribution in [-0.2, 0) is 6.42 Å². The summed E-state index contributed by atoms with van der Waals surface area (Å²) >= 11 is 3.48. The number of nitrogens with two attached hydrogens (primary N) is 1. The summed E-state index contributed by atoms with van der Waals surface area (Å²) in [6.07, 6.45) is 6.36. The molecule has 1 aromatic rings. The number of piperidine rings is 1. The molecule has 2 heterocycles. The maximum absolute atomic E-state index is 6.49. The van der Waals surface area contributed by atoms with E-state index in [-0.39, 0.29) is 0 Å². The van der Waals surface area contributed by atoms with Gasteiger partial charge in [0.2, 0.25) is 0 Å². The Balaban J connectivity index is 1.62. The third kappa shape index (κ3) is 2.88. The highest BCUT2D eigenvalue weighted by Crippen LogP contribution is 2.38. The first kappa shape index (κ1) is 13.6. The van der Waals surface area contributed by atoms with Crippen molar-refractivity contribution in [2.45, 2.75) is 50.2 Å². The second-order valence-electron chi connectivity index (χ2n) is 6.28. The fourth-order valence-electron chi connectivity index (χ4n) is 3.86. The van der Waals surface area contributed by atoms with Crippen LogP contribution in [0.1, 0.15) is 31.2 Å². The molecule has 3 unspecified atom stereocenters. The SMILES string of the molecule is CN1C2CCC1CC(C(N)Cc1ccc(Br)cc1)C2. The molecule has 0 aliphatic carbocycles. The van der Waals surface area contributed by atoms with Gasteiger partial charge in [-0.2, -0.15) is 0 Å². The fourth-order valence-corrected chi connectivity index (χ4v) is 4.13. The van der Waals surface area contributed by atoms with Crippen molar-refractivity contribution in [3.8, 4) is 0 Å². The Hall–Kier alpha value is -0.380. The molecule has 19 heavy (non-hydrogen) atoms. The van der Waals surface area contributed by atoms with Gasteiger partial charge in [-0.25, -0.2) is 0 Å². The molecular weight excluding hydrogens is 300 g/mol. The summed E-state index contributed by atoms with van der Waals surface area (Å²) in [5.74, 6) is 0.706. The van der Waals surface area contributed by atoms with E-state index in [0.29, 0.717) is 12.0 Å². The van der Waals surface area contributed by atoms with Gasteiger partial charge in [-0.05, 0) is 62.8 Å². The van der Waals surface area contributed by atoms with Crippen molar-refractivity contribution in [3.05, 3.63) is 34.3 Å². The molecule has 2 bridgehead atoms. The molecule has 2 aliphatic rings. The normalized spacial score (nSPS) is 32.5. The summed E-state index contributed by atoms with van der Waals surface area (Å²) in [6.45, 7) is 0. The molecule has 2 aliphatic heterocycles. The summed E-state index contributed by atoms with van der Waals surface area (Å²) in [7, 11) is 2.29. The molecule has 2 saturated heterocycles. The van der Waals surface area contributed by atoms with Crippen LogP contribution in [-0.4, -0.2) is 30.1 Å². The van der Waals surface area contributed by atoms with Gasteiger partial charge in [-0.3, -0.25) is 0 Å². The Morgan fingerprint density at radius 2 is 1.79 bits per heavy atom. The zero-order valence-electron chi connectivity index (χ0n) is 11.6. The molecule has 0 aromatic heterocycles. The van der Waals surface area contributed by atoms with Gasteiger partial charge in [0.05, 0.1) is 0 Å². The minimum Gasteiger partial charge on any atom is -0.327 e. The predicted molar refractivity (Wildman–Crippen MR) is 83.1 cm³/mol. The van der Waals surface area contributed by atoms with Gasteiger partial charge in [0.25, 0.3) is 0 Å². The number of benzene rings is 1. The summed E-state index contributed by atoms with van der Waals surface area (Å²) < 4.78 is 1.14. The molecule has 3 rings (SSSR count). The van der Waals surface area contributed by atoms with E-state index in [1.54, 1.807) is 0 Å². The lowest BCUT2D eigenvalue weighted by Crippen LogP contribution is -2.46. The topological polar surface area (TPSA) is 29.3 Å². The zero-order chi connectivity index (χ0) is 13.4. The van der Waals surface area contributed by atoms with Crippen LogP contribution in [0.15, 0.2) is 28.7 Å². The van der Waals surface area contributed by atoms with E-state index in [9.17, 15) is 0 Å². The molecule has 0 radical (unpaired) electrons. The first-order valence-electron chi connectivity index (χ1n) is 7.35. The summed E-state index contributed by atoms with van der Waals surface area (Å²) in [5, 5.41) is 0. The highest BCUT2D eigenvalue weighted by atomic mass is 79.9. The van der Waals surface area contributed by atoms with Crippen molar-refractivity contribution in [1.82, 2.24) is 4.90 Å². The number of fused-ring (bicyclic) bond motifs is 2. The molecule has 2 fully saturated rings. The van der Waals surface area contributed by atoms with Gasteiger partial charge in [0.15, 0.2) is 0 Å². The third-order valence-corrected chi connectivity index (χ3v) is 5.65. The molecule has 1 aromatic carbocycles. The Labute approximate surface area is 124 Å². The van der Waals surface area contributed by atoms with E-state index in [1.165, 1.54) is 31.2 Å². The van der Waals surface area contributed by atoms with Crippen LogP contribution in [0.4, 0.5) is 0 Å². The van der Waals surface area contributed by atoms with Gasteiger partial charge in [0.1, 0.15) is 0 Å². The highest BCUT2D eigenvalue weighted by Gasteiger charge is 2.40. The van der Waals surface area contributed by atoms with Crippen molar-refractivity contribution in [1.29, 1.82) is 0 Å². The van der Waals surface area contributed by atoms with E-state index >= 15 is 0 Å². The Bertz CT molecular complexity index is 417. The van der Waals surface area contributed by atoms with E-state index in [1.807, 2.05) is 0 Å². The van der Waals surface area contributed by atoms with Gasteiger partial charge < -0.3 is 10.6 Å². The van der Waals surface area contributed by atoms with Gasteiger partial charge in [0, 0.05) is 22.6 Å². The van der Waals surface area contributed by atoms with Crippen LogP contribution in [0.25, 0.3) is 0 Å². The second-order valence-corrected chi connectivity index (χ2v) is 7.19. The van der Waals surface area contributed by atoms with Crippen LogP contribution in [0, 0.1) is 5.92 Å². The van der Waals surface area contributed by atoms with Crippen molar-refractivity contribution in [2.24, 2.45) is 11.7 Å².